The molecule has 8 nitrogen and oxygen atoms in total. The van der Waals surface area contributed by atoms with Crippen LogP contribution in [0.4, 0.5) is 9.59 Å². The zero-order valence-electron chi connectivity index (χ0n) is 19.6. The second kappa shape index (κ2) is 16.7. The molecule has 0 aliphatic heterocycles. The van der Waals surface area contributed by atoms with Crippen molar-refractivity contribution in [1.82, 2.24) is 0 Å². The fourth-order valence-electron chi connectivity index (χ4n) is 2.82. The maximum Gasteiger partial charge on any atom is 0.508 e. The number of ether oxygens (including phenoxy) is 6. The molecule has 0 fully saturated rings. The molecule has 2 aromatic rings. The van der Waals surface area contributed by atoms with E-state index in [9.17, 15) is 9.59 Å². The van der Waals surface area contributed by atoms with Gasteiger partial charge in [0.25, 0.3) is 0 Å². The highest BCUT2D eigenvalue weighted by Crippen LogP contribution is 2.38. The van der Waals surface area contributed by atoms with Gasteiger partial charge in [-0.2, -0.15) is 0 Å². The van der Waals surface area contributed by atoms with Crippen LogP contribution in [0.25, 0.3) is 0 Å². The molecule has 2 rings (SSSR count). The van der Waals surface area contributed by atoms with Gasteiger partial charge < -0.3 is 28.4 Å². The number of hydrogen-bond acceptors (Lipinski definition) is 8. The molecular formula is C25H24Br4O8. The minimum Gasteiger partial charge on any atom is -0.488 e. The Morgan fingerprint density at radius 1 is 0.622 bits per heavy atom. The van der Waals surface area contributed by atoms with Crippen molar-refractivity contribution < 1.29 is 38.0 Å². The molecule has 0 aliphatic rings. The largest absolute Gasteiger partial charge is 0.508 e. The van der Waals surface area contributed by atoms with Crippen LogP contribution in [0, 0.1) is 0 Å². The zero-order valence-corrected chi connectivity index (χ0v) is 25.9. The monoisotopic (exact) mass is 768 g/mol. The molecule has 0 N–H and O–H groups in total. The first-order valence-electron chi connectivity index (χ1n) is 10.8. The third-order valence-electron chi connectivity index (χ3n) is 4.26. The van der Waals surface area contributed by atoms with Gasteiger partial charge in [-0.1, -0.05) is 25.3 Å². The van der Waals surface area contributed by atoms with Gasteiger partial charge in [0.15, 0.2) is 0 Å². The first-order valence-corrected chi connectivity index (χ1v) is 13.9. The molecule has 0 bridgehead atoms. The van der Waals surface area contributed by atoms with Gasteiger partial charge in [-0.3, -0.25) is 0 Å². The second-order valence-electron chi connectivity index (χ2n) is 7.05. The smallest absolute Gasteiger partial charge is 0.488 e. The molecule has 0 saturated carbocycles. The van der Waals surface area contributed by atoms with Crippen molar-refractivity contribution in [2.75, 3.05) is 39.6 Å². The standard InChI is InChI=1S/C25H24Br4O8/c1-3-5-34-24(30)36-9-7-32-22-18(26)12-16(13-19(22)27)11-17-14-20(28)23(21(29)15-17)33-8-10-37-25(31)35-6-4-2/h3-4,12-15H,1-2,5-11H2. The summed E-state index contributed by atoms with van der Waals surface area (Å²) in [5.74, 6) is 1.18. The highest BCUT2D eigenvalue weighted by atomic mass is 79.9. The molecule has 0 spiro atoms. The van der Waals surface area contributed by atoms with E-state index in [1.54, 1.807) is 0 Å². The Labute approximate surface area is 248 Å². The minimum atomic E-state index is -0.775. The van der Waals surface area contributed by atoms with Crippen molar-refractivity contribution in [3.05, 3.63) is 78.6 Å². The lowest BCUT2D eigenvalue weighted by atomic mass is 10.0. The number of rotatable bonds is 14. The summed E-state index contributed by atoms with van der Waals surface area (Å²) >= 11 is 14.2. The van der Waals surface area contributed by atoms with Crippen molar-refractivity contribution >= 4 is 76.0 Å². The van der Waals surface area contributed by atoms with E-state index in [0.717, 1.165) is 29.0 Å². The number of carbonyl (C=O) groups is 2. The topological polar surface area (TPSA) is 89.5 Å². The lowest BCUT2D eigenvalue weighted by molar-refractivity contribution is 0.0524. The van der Waals surface area contributed by atoms with Gasteiger partial charge in [-0.15, -0.1) is 0 Å². The first-order chi connectivity index (χ1) is 17.7. The maximum absolute atomic E-state index is 11.4. The van der Waals surface area contributed by atoms with Crippen LogP contribution in [0.15, 0.2) is 67.5 Å². The molecule has 12 heteroatoms. The number of benzene rings is 2. The molecule has 0 aliphatic carbocycles. The van der Waals surface area contributed by atoms with Crippen LogP contribution in [0.1, 0.15) is 11.1 Å². The van der Waals surface area contributed by atoms with Crippen molar-refractivity contribution in [2.45, 2.75) is 6.42 Å². The first kappa shape index (κ1) is 31.2. The zero-order chi connectivity index (χ0) is 27.2. The van der Waals surface area contributed by atoms with E-state index >= 15 is 0 Å². The van der Waals surface area contributed by atoms with Crippen molar-refractivity contribution in [1.29, 1.82) is 0 Å². The summed E-state index contributed by atoms with van der Waals surface area (Å²) < 4.78 is 33.8. The van der Waals surface area contributed by atoms with Crippen LogP contribution in [-0.4, -0.2) is 52.0 Å². The Kier molecular flexibility index (Phi) is 14.1. The molecule has 200 valence electrons. The summed E-state index contributed by atoms with van der Waals surface area (Å²) in [5.41, 5.74) is 2.04. The summed E-state index contributed by atoms with van der Waals surface area (Å²) in [6.45, 7) is 7.49. The molecule has 0 atom stereocenters. The van der Waals surface area contributed by atoms with Gasteiger partial charge in [-0.05, 0) is 106 Å². The molecule has 0 saturated heterocycles. The predicted molar refractivity (Wildman–Crippen MR) is 152 cm³/mol. The van der Waals surface area contributed by atoms with Crippen LogP contribution in [0.2, 0.25) is 0 Å². The van der Waals surface area contributed by atoms with Crippen LogP contribution in [-0.2, 0) is 25.4 Å². The Morgan fingerprint density at radius 2 is 0.973 bits per heavy atom. The van der Waals surface area contributed by atoms with E-state index in [4.69, 9.17) is 28.4 Å². The summed E-state index contributed by atoms with van der Waals surface area (Å²) in [6, 6.07) is 7.81. The van der Waals surface area contributed by atoms with Crippen molar-refractivity contribution in [2.24, 2.45) is 0 Å². The van der Waals surface area contributed by atoms with Gasteiger partial charge in [0.2, 0.25) is 0 Å². The highest BCUT2D eigenvalue weighted by Gasteiger charge is 2.14. The summed E-state index contributed by atoms with van der Waals surface area (Å²) in [7, 11) is 0. The quantitative estimate of drug-likeness (QED) is 0.109. The Balaban J connectivity index is 1.92. The van der Waals surface area contributed by atoms with Gasteiger partial charge in [-0.25, -0.2) is 9.59 Å². The molecule has 0 aromatic heterocycles. The van der Waals surface area contributed by atoms with Crippen LogP contribution < -0.4 is 9.47 Å². The second-order valence-corrected chi connectivity index (χ2v) is 10.5. The fraction of sp³-hybridized carbons (Fsp3) is 0.280. The van der Waals surface area contributed by atoms with Crippen molar-refractivity contribution in [3.63, 3.8) is 0 Å². The number of hydrogen-bond donors (Lipinski definition) is 0. The van der Waals surface area contributed by atoms with E-state index in [0.29, 0.717) is 17.9 Å². The number of halogens is 4. The summed E-state index contributed by atoms with van der Waals surface area (Å²) in [5, 5.41) is 0. The van der Waals surface area contributed by atoms with E-state index in [-0.39, 0.29) is 39.6 Å². The third-order valence-corrected chi connectivity index (χ3v) is 6.62. The van der Waals surface area contributed by atoms with E-state index in [1.165, 1.54) is 12.2 Å². The highest BCUT2D eigenvalue weighted by molar-refractivity contribution is 9.11. The molecule has 37 heavy (non-hydrogen) atoms. The number of carbonyl (C=O) groups excluding carboxylic acids is 2. The molecule has 2 aromatic carbocycles. The van der Waals surface area contributed by atoms with Crippen LogP contribution >= 0.6 is 63.7 Å². The Hall–Kier alpha value is -2.02. The minimum absolute atomic E-state index is 0.0403. The molecule has 0 amide bonds. The average molecular weight is 772 g/mol. The lowest BCUT2D eigenvalue weighted by Crippen LogP contribution is -2.14. The molecular weight excluding hydrogens is 748 g/mol. The Morgan fingerprint density at radius 3 is 1.30 bits per heavy atom. The maximum atomic E-state index is 11.4. The Bertz CT molecular complexity index is 975. The third kappa shape index (κ3) is 11.1. The van der Waals surface area contributed by atoms with Gasteiger partial charge in [0.1, 0.15) is 51.1 Å². The van der Waals surface area contributed by atoms with E-state index in [2.05, 4.69) is 76.9 Å². The normalized spacial score (nSPS) is 10.3. The average Bonchev–Trinajstić information content (AvgIpc) is 2.84. The van der Waals surface area contributed by atoms with Crippen LogP contribution in [0.5, 0.6) is 11.5 Å². The van der Waals surface area contributed by atoms with E-state index < -0.39 is 12.3 Å². The molecule has 0 radical (unpaired) electrons. The molecule has 0 heterocycles. The van der Waals surface area contributed by atoms with Gasteiger partial charge in [0.05, 0.1) is 17.9 Å². The fourth-order valence-corrected chi connectivity index (χ4v) is 5.84. The lowest BCUT2D eigenvalue weighted by Gasteiger charge is -2.14. The van der Waals surface area contributed by atoms with Gasteiger partial charge in [0, 0.05) is 0 Å². The molecule has 0 unspecified atom stereocenters. The summed E-state index contributed by atoms with van der Waals surface area (Å²) in [4.78, 5) is 22.7. The van der Waals surface area contributed by atoms with Crippen molar-refractivity contribution in [3.8, 4) is 11.5 Å². The predicted octanol–water partition coefficient (Wildman–Crippen LogP) is 7.76. The van der Waals surface area contributed by atoms with Gasteiger partial charge >= 0.3 is 12.3 Å². The SMILES string of the molecule is C=CCOC(=O)OCCOc1c(Br)cc(Cc2cc(Br)c(OCCOC(=O)OCC=C)c(Br)c2)cc1Br. The van der Waals surface area contributed by atoms with Crippen LogP contribution in [0.3, 0.4) is 0 Å². The summed E-state index contributed by atoms with van der Waals surface area (Å²) in [6.07, 6.45) is 1.99. The van der Waals surface area contributed by atoms with E-state index in [1.807, 2.05) is 24.3 Å².